The standard InChI is InChI=1S/C13H14FNO4/c14-9-2-1-3-10(6-9)15-11(4-5-13(17)18)7-19-8-12(15)16/h1-3,6,11H,4-5,7-8H2,(H,17,18). The van der Waals surface area contributed by atoms with E-state index >= 15 is 0 Å². The van der Waals surface area contributed by atoms with Crippen molar-refractivity contribution in [3.05, 3.63) is 30.1 Å². The predicted molar refractivity (Wildman–Crippen MR) is 65.4 cm³/mol. The molecule has 0 aliphatic carbocycles. The van der Waals surface area contributed by atoms with Crippen molar-refractivity contribution in [3.63, 3.8) is 0 Å². The van der Waals surface area contributed by atoms with Gasteiger partial charge in [-0.25, -0.2) is 4.39 Å². The van der Waals surface area contributed by atoms with Crippen LogP contribution in [-0.4, -0.2) is 36.2 Å². The highest BCUT2D eigenvalue weighted by molar-refractivity contribution is 5.95. The van der Waals surface area contributed by atoms with Crippen LogP contribution in [0.4, 0.5) is 10.1 Å². The Morgan fingerprint density at radius 3 is 3.00 bits per heavy atom. The van der Waals surface area contributed by atoms with Crippen LogP contribution in [0, 0.1) is 5.82 Å². The van der Waals surface area contributed by atoms with Gasteiger partial charge in [-0.15, -0.1) is 0 Å². The third kappa shape index (κ3) is 3.29. The fraction of sp³-hybridized carbons (Fsp3) is 0.385. The molecule has 1 aliphatic rings. The second-order valence-corrected chi connectivity index (χ2v) is 4.34. The molecule has 0 radical (unpaired) electrons. The zero-order valence-corrected chi connectivity index (χ0v) is 10.2. The quantitative estimate of drug-likeness (QED) is 0.896. The molecule has 1 fully saturated rings. The molecule has 2 rings (SSSR count). The summed E-state index contributed by atoms with van der Waals surface area (Å²) in [6.07, 6.45) is 0.213. The summed E-state index contributed by atoms with van der Waals surface area (Å²) in [6.45, 7) is 0.190. The molecule has 1 aromatic rings. The number of carbonyl (C=O) groups excluding carboxylic acids is 1. The largest absolute Gasteiger partial charge is 0.481 e. The number of benzene rings is 1. The highest BCUT2D eigenvalue weighted by Gasteiger charge is 2.30. The van der Waals surface area contributed by atoms with Gasteiger partial charge >= 0.3 is 5.97 Å². The first-order valence-electron chi connectivity index (χ1n) is 5.95. The number of morpholine rings is 1. The van der Waals surface area contributed by atoms with E-state index in [1.165, 1.54) is 23.1 Å². The van der Waals surface area contributed by atoms with E-state index in [0.717, 1.165) is 0 Å². The molecule has 1 unspecified atom stereocenters. The van der Waals surface area contributed by atoms with Gasteiger partial charge in [0, 0.05) is 12.1 Å². The van der Waals surface area contributed by atoms with E-state index in [2.05, 4.69) is 0 Å². The molecule has 0 bridgehead atoms. The molecule has 1 amide bonds. The normalized spacial score (nSPS) is 19.5. The molecule has 0 saturated carbocycles. The van der Waals surface area contributed by atoms with Gasteiger partial charge in [0.2, 0.25) is 0 Å². The molecular formula is C13H14FNO4. The van der Waals surface area contributed by atoms with Crippen molar-refractivity contribution in [1.82, 2.24) is 0 Å². The summed E-state index contributed by atoms with van der Waals surface area (Å²) in [4.78, 5) is 23.9. The summed E-state index contributed by atoms with van der Waals surface area (Å²) < 4.78 is 18.4. The van der Waals surface area contributed by atoms with E-state index in [-0.39, 0.29) is 38.0 Å². The third-order valence-corrected chi connectivity index (χ3v) is 2.95. The average Bonchev–Trinajstić information content (AvgIpc) is 2.36. The number of aliphatic carboxylic acids is 1. The Kier molecular flexibility index (Phi) is 4.11. The third-order valence-electron chi connectivity index (χ3n) is 2.95. The summed E-state index contributed by atoms with van der Waals surface area (Å²) in [5.74, 6) is -1.65. The smallest absolute Gasteiger partial charge is 0.303 e. The first-order chi connectivity index (χ1) is 9.08. The van der Waals surface area contributed by atoms with Gasteiger partial charge in [0.25, 0.3) is 5.91 Å². The molecule has 1 atom stereocenters. The molecule has 0 aromatic heterocycles. The molecule has 19 heavy (non-hydrogen) atoms. The molecule has 5 nitrogen and oxygen atoms in total. The minimum Gasteiger partial charge on any atom is -0.481 e. The number of carboxylic acid groups (broad SMARTS) is 1. The Morgan fingerprint density at radius 1 is 1.53 bits per heavy atom. The van der Waals surface area contributed by atoms with E-state index in [1.54, 1.807) is 6.07 Å². The number of nitrogens with zero attached hydrogens (tertiary/aromatic N) is 1. The fourth-order valence-corrected chi connectivity index (χ4v) is 2.11. The van der Waals surface area contributed by atoms with Gasteiger partial charge in [0.1, 0.15) is 12.4 Å². The predicted octanol–water partition coefficient (Wildman–Crippen LogP) is 1.42. The molecule has 1 aromatic carbocycles. The lowest BCUT2D eigenvalue weighted by molar-refractivity contribution is -0.138. The zero-order chi connectivity index (χ0) is 13.8. The Balaban J connectivity index is 2.20. The van der Waals surface area contributed by atoms with Crippen LogP contribution in [0.2, 0.25) is 0 Å². The maximum Gasteiger partial charge on any atom is 0.303 e. The first-order valence-corrected chi connectivity index (χ1v) is 5.95. The van der Waals surface area contributed by atoms with Crippen LogP contribution in [0.15, 0.2) is 24.3 Å². The second-order valence-electron chi connectivity index (χ2n) is 4.34. The van der Waals surface area contributed by atoms with Gasteiger partial charge in [-0.2, -0.15) is 0 Å². The van der Waals surface area contributed by atoms with Crippen molar-refractivity contribution in [2.45, 2.75) is 18.9 Å². The number of ether oxygens (including phenoxy) is 1. The minimum absolute atomic E-state index is 0.0624. The Morgan fingerprint density at radius 2 is 2.32 bits per heavy atom. The molecule has 1 N–H and O–H groups in total. The highest BCUT2D eigenvalue weighted by Crippen LogP contribution is 2.23. The number of anilines is 1. The van der Waals surface area contributed by atoms with Crippen molar-refractivity contribution in [3.8, 4) is 0 Å². The number of amides is 1. The van der Waals surface area contributed by atoms with Crippen molar-refractivity contribution in [2.75, 3.05) is 18.1 Å². The highest BCUT2D eigenvalue weighted by atomic mass is 19.1. The summed E-state index contributed by atoms with van der Waals surface area (Å²) >= 11 is 0. The number of hydrogen-bond donors (Lipinski definition) is 1. The van der Waals surface area contributed by atoms with Crippen LogP contribution in [0.3, 0.4) is 0 Å². The summed E-state index contributed by atoms with van der Waals surface area (Å²) in [5.41, 5.74) is 0.434. The van der Waals surface area contributed by atoms with Gasteiger partial charge in [0.05, 0.1) is 12.6 Å². The fourth-order valence-electron chi connectivity index (χ4n) is 2.11. The maximum absolute atomic E-state index is 13.2. The number of hydrogen-bond acceptors (Lipinski definition) is 3. The van der Waals surface area contributed by atoms with Crippen LogP contribution in [0.5, 0.6) is 0 Å². The Labute approximate surface area is 109 Å². The van der Waals surface area contributed by atoms with Crippen molar-refractivity contribution < 1.29 is 23.8 Å². The van der Waals surface area contributed by atoms with Crippen molar-refractivity contribution in [1.29, 1.82) is 0 Å². The SMILES string of the molecule is O=C(O)CCC1COCC(=O)N1c1cccc(F)c1. The Hall–Kier alpha value is -1.95. The van der Waals surface area contributed by atoms with Gasteiger partial charge in [0.15, 0.2) is 0 Å². The van der Waals surface area contributed by atoms with Crippen LogP contribution in [-0.2, 0) is 14.3 Å². The van der Waals surface area contributed by atoms with Crippen molar-refractivity contribution in [2.24, 2.45) is 0 Å². The summed E-state index contributed by atoms with van der Waals surface area (Å²) in [5, 5.41) is 8.71. The van der Waals surface area contributed by atoms with E-state index < -0.39 is 11.8 Å². The van der Waals surface area contributed by atoms with Crippen LogP contribution >= 0.6 is 0 Å². The maximum atomic E-state index is 13.2. The van der Waals surface area contributed by atoms with Crippen LogP contribution in [0.25, 0.3) is 0 Å². The molecule has 0 spiro atoms. The number of carboxylic acids is 1. The zero-order valence-electron chi connectivity index (χ0n) is 10.2. The second kappa shape index (κ2) is 5.79. The molecule has 1 aliphatic heterocycles. The summed E-state index contributed by atoms with van der Waals surface area (Å²) in [6, 6.07) is 5.32. The van der Waals surface area contributed by atoms with E-state index in [1.807, 2.05) is 0 Å². The topological polar surface area (TPSA) is 66.8 Å². The van der Waals surface area contributed by atoms with Crippen LogP contribution < -0.4 is 4.90 Å². The monoisotopic (exact) mass is 267 g/mol. The molecule has 1 heterocycles. The molecule has 102 valence electrons. The van der Waals surface area contributed by atoms with Gasteiger partial charge in [-0.05, 0) is 24.6 Å². The van der Waals surface area contributed by atoms with E-state index in [0.29, 0.717) is 5.69 Å². The molecule has 1 saturated heterocycles. The number of carbonyl (C=O) groups is 2. The molecular weight excluding hydrogens is 253 g/mol. The van der Waals surface area contributed by atoms with Gasteiger partial charge in [-0.1, -0.05) is 6.07 Å². The van der Waals surface area contributed by atoms with E-state index in [9.17, 15) is 14.0 Å². The lowest BCUT2D eigenvalue weighted by Gasteiger charge is -2.35. The lowest BCUT2D eigenvalue weighted by Crippen LogP contribution is -2.49. The number of halogens is 1. The van der Waals surface area contributed by atoms with Crippen molar-refractivity contribution >= 4 is 17.6 Å². The van der Waals surface area contributed by atoms with Crippen LogP contribution in [0.1, 0.15) is 12.8 Å². The molecule has 6 heteroatoms. The number of rotatable bonds is 4. The van der Waals surface area contributed by atoms with Gasteiger partial charge < -0.3 is 14.7 Å². The minimum atomic E-state index is -0.933. The van der Waals surface area contributed by atoms with Gasteiger partial charge in [-0.3, -0.25) is 9.59 Å². The Bertz CT molecular complexity index is 491. The first kappa shape index (κ1) is 13.5. The van der Waals surface area contributed by atoms with E-state index in [4.69, 9.17) is 9.84 Å². The average molecular weight is 267 g/mol. The summed E-state index contributed by atoms with van der Waals surface area (Å²) in [7, 11) is 0. The lowest BCUT2D eigenvalue weighted by atomic mass is 10.1.